The van der Waals surface area contributed by atoms with Crippen LogP contribution in [0.5, 0.6) is 17.2 Å². The Morgan fingerprint density at radius 2 is 1.90 bits per heavy atom. The van der Waals surface area contributed by atoms with Gasteiger partial charge in [-0.05, 0) is 36.2 Å². The average molecular weight is 307 g/mol. The molecule has 0 aliphatic rings. The quantitative estimate of drug-likeness (QED) is 0.889. The van der Waals surface area contributed by atoms with Crippen molar-refractivity contribution in [1.82, 2.24) is 0 Å². The maximum atomic E-state index is 11.2. The highest BCUT2D eigenvalue weighted by atomic mass is 35.5. The molecule has 0 unspecified atom stereocenters. The van der Waals surface area contributed by atoms with Gasteiger partial charge in [-0.3, -0.25) is 0 Å². The molecule has 21 heavy (non-hydrogen) atoms. The molecule has 0 aliphatic heterocycles. The van der Waals surface area contributed by atoms with E-state index in [1.807, 2.05) is 19.1 Å². The van der Waals surface area contributed by atoms with Crippen LogP contribution in [0.4, 0.5) is 0 Å². The normalized spacial score (nSPS) is 10.2. The van der Waals surface area contributed by atoms with Crippen LogP contribution in [0.2, 0.25) is 5.02 Å². The van der Waals surface area contributed by atoms with Gasteiger partial charge in [-0.15, -0.1) is 0 Å². The van der Waals surface area contributed by atoms with Crippen molar-refractivity contribution in [3.8, 4) is 17.2 Å². The second-order valence-corrected chi connectivity index (χ2v) is 4.82. The first-order valence-corrected chi connectivity index (χ1v) is 6.80. The smallest absolute Gasteiger partial charge is 0.339 e. The summed E-state index contributed by atoms with van der Waals surface area (Å²) in [5.41, 5.74) is 1.14. The zero-order valence-electron chi connectivity index (χ0n) is 11.7. The van der Waals surface area contributed by atoms with Gasteiger partial charge < -0.3 is 14.6 Å². The lowest BCUT2D eigenvalue weighted by Crippen LogP contribution is -2.00. The summed E-state index contributed by atoms with van der Waals surface area (Å²) in [5, 5.41) is 9.59. The van der Waals surface area contributed by atoms with E-state index >= 15 is 0 Å². The number of ether oxygens (including phenoxy) is 2. The van der Waals surface area contributed by atoms with Crippen molar-refractivity contribution < 1.29 is 19.4 Å². The zero-order chi connectivity index (χ0) is 15.4. The van der Waals surface area contributed by atoms with Gasteiger partial charge in [0.05, 0.1) is 7.11 Å². The topological polar surface area (TPSA) is 55.8 Å². The van der Waals surface area contributed by atoms with Gasteiger partial charge >= 0.3 is 5.97 Å². The van der Waals surface area contributed by atoms with Crippen molar-refractivity contribution in [1.29, 1.82) is 0 Å². The van der Waals surface area contributed by atoms with Crippen molar-refractivity contribution in [2.24, 2.45) is 0 Å². The fraction of sp³-hybridized carbons (Fsp3) is 0.188. The van der Waals surface area contributed by atoms with Crippen LogP contribution >= 0.6 is 11.6 Å². The second-order valence-electron chi connectivity index (χ2n) is 4.39. The number of benzene rings is 2. The molecule has 0 amide bonds. The number of aryl methyl sites for hydroxylation is 1. The van der Waals surface area contributed by atoms with Crippen LogP contribution in [0.15, 0.2) is 36.4 Å². The molecular formula is C16H15ClO4. The summed E-state index contributed by atoms with van der Waals surface area (Å²) in [4.78, 5) is 11.2. The molecule has 4 nitrogen and oxygen atoms in total. The Balaban J connectivity index is 2.42. The summed E-state index contributed by atoms with van der Waals surface area (Å²) in [7, 11) is 1.54. The molecular weight excluding hydrogens is 292 g/mol. The Morgan fingerprint density at radius 1 is 1.14 bits per heavy atom. The predicted octanol–water partition coefficient (Wildman–Crippen LogP) is 4.40. The Kier molecular flexibility index (Phi) is 4.70. The molecule has 0 saturated carbocycles. The molecule has 0 aromatic heterocycles. The highest BCUT2D eigenvalue weighted by Crippen LogP contribution is 2.35. The Morgan fingerprint density at radius 3 is 2.52 bits per heavy atom. The third-order valence-corrected chi connectivity index (χ3v) is 3.27. The van der Waals surface area contributed by atoms with Gasteiger partial charge in [-0.1, -0.05) is 24.6 Å². The maximum Gasteiger partial charge on any atom is 0.339 e. The number of rotatable bonds is 5. The van der Waals surface area contributed by atoms with E-state index in [2.05, 4.69) is 0 Å². The van der Waals surface area contributed by atoms with Gasteiger partial charge in [0.15, 0.2) is 11.5 Å². The van der Waals surface area contributed by atoms with E-state index in [1.165, 1.54) is 25.3 Å². The standard InChI is InChI=1S/C16H15ClO4/c1-3-10-4-7-13(15(8-10)20-2)21-14-9-11(17)5-6-12(14)16(18)19/h4-9H,3H2,1-2H3,(H,18,19). The van der Waals surface area contributed by atoms with Gasteiger partial charge in [-0.2, -0.15) is 0 Å². The Hall–Kier alpha value is -2.20. The van der Waals surface area contributed by atoms with Crippen LogP contribution in [0.1, 0.15) is 22.8 Å². The summed E-state index contributed by atoms with van der Waals surface area (Å²) in [5.74, 6) is 0.0912. The van der Waals surface area contributed by atoms with Crippen molar-refractivity contribution in [3.63, 3.8) is 0 Å². The third-order valence-electron chi connectivity index (χ3n) is 3.03. The number of halogens is 1. The number of hydrogen-bond acceptors (Lipinski definition) is 3. The van der Waals surface area contributed by atoms with Gasteiger partial charge in [0.2, 0.25) is 0 Å². The molecule has 2 aromatic carbocycles. The molecule has 0 fully saturated rings. The van der Waals surface area contributed by atoms with E-state index in [4.69, 9.17) is 21.1 Å². The van der Waals surface area contributed by atoms with Crippen LogP contribution in [-0.2, 0) is 6.42 Å². The molecule has 0 saturated heterocycles. The lowest BCUT2D eigenvalue weighted by atomic mass is 10.1. The highest BCUT2D eigenvalue weighted by molar-refractivity contribution is 6.30. The molecule has 0 heterocycles. The monoisotopic (exact) mass is 306 g/mol. The minimum absolute atomic E-state index is 0.0426. The van der Waals surface area contributed by atoms with E-state index in [9.17, 15) is 9.90 Å². The second kappa shape index (κ2) is 6.50. The Bertz CT molecular complexity index is 667. The number of carbonyl (C=O) groups is 1. The lowest BCUT2D eigenvalue weighted by molar-refractivity contribution is 0.0694. The maximum absolute atomic E-state index is 11.2. The van der Waals surface area contributed by atoms with Crippen molar-refractivity contribution in [3.05, 3.63) is 52.5 Å². The molecule has 1 N–H and O–H groups in total. The Labute approximate surface area is 127 Å². The largest absolute Gasteiger partial charge is 0.493 e. The van der Waals surface area contributed by atoms with Crippen LogP contribution < -0.4 is 9.47 Å². The van der Waals surface area contributed by atoms with Crippen LogP contribution in [0, 0.1) is 0 Å². The summed E-state index contributed by atoms with van der Waals surface area (Å²) < 4.78 is 11.0. The number of carboxylic acid groups (broad SMARTS) is 1. The number of aromatic carboxylic acids is 1. The molecule has 0 atom stereocenters. The summed E-state index contributed by atoms with van der Waals surface area (Å²) in [6.07, 6.45) is 0.869. The van der Waals surface area contributed by atoms with Crippen LogP contribution in [-0.4, -0.2) is 18.2 Å². The van der Waals surface area contributed by atoms with E-state index in [0.29, 0.717) is 16.5 Å². The summed E-state index contributed by atoms with van der Waals surface area (Å²) >= 11 is 5.90. The fourth-order valence-electron chi connectivity index (χ4n) is 1.89. The first kappa shape index (κ1) is 15.2. The van der Waals surface area contributed by atoms with Crippen molar-refractivity contribution in [2.45, 2.75) is 13.3 Å². The van der Waals surface area contributed by atoms with E-state index < -0.39 is 5.97 Å². The van der Waals surface area contributed by atoms with Crippen molar-refractivity contribution >= 4 is 17.6 Å². The summed E-state index contributed by atoms with van der Waals surface area (Å²) in [6.45, 7) is 2.04. The first-order valence-electron chi connectivity index (χ1n) is 6.42. The SMILES string of the molecule is CCc1ccc(Oc2cc(Cl)ccc2C(=O)O)c(OC)c1. The average Bonchev–Trinajstić information content (AvgIpc) is 2.47. The molecule has 0 aliphatic carbocycles. The summed E-state index contributed by atoms with van der Waals surface area (Å²) in [6, 6.07) is 9.91. The molecule has 0 spiro atoms. The van der Waals surface area contributed by atoms with Gasteiger partial charge in [0, 0.05) is 11.1 Å². The van der Waals surface area contributed by atoms with Gasteiger partial charge in [-0.25, -0.2) is 4.79 Å². The molecule has 2 aromatic rings. The van der Waals surface area contributed by atoms with Gasteiger partial charge in [0.1, 0.15) is 11.3 Å². The number of carboxylic acids is 1. The molecule has 2 rings (SSSR count). The predicted molar refractivity (Wildman–Crippen MR) is 80.9 cm³/mol. The van der Waals surface area contributed by atoms with E-state index in [-0.39, 0.29) is 11.3 Å². The van der Waals surface area contributed by atoms with Crippen molar-refractivity contribution in [2.75, 3.05) is 7.11 Å². The third kappa shape index (κ3) is 3.47. The minimum Gasteiger partial charge on any atom is -0.493 e. The van der Waals surface area contributed by atoms with Crippen LogP contribution in [0.3, 0.4) is 0 Å². The number of methoxy groups -OCH3 is 1. The first-order chi connectivity index (χ1) is 10.0. The lowest BCUT2D eigenvalue weighted by Gasteiger charge is -2.13. The fourth-order valence-corrected chi connectivity index (χ4v) is 2.05. The highest BCUT2D eigenvalue weighted by Gasteiger charge is 2.15. The molecule has 110 valence electrons. The molecule has 0 bridgehead atoms. The van der Waals surface area contributed by atoms with E-state index in [1.54, 1.807) is 6.07 Å². The zero-order valence-corrected chi connectivity index (χ0v) is 12.5. The van der Waals surface area contributed by atoms with Crippen LogP contribution in [0.25, 0.3) is 0 Å². The molecule has 5 heteroatoms. The number of hydrogen-bond donors (Lipinski definition) is 1. The minimum atomic E-state index is -1.08. The van der Waals surface area contributed by atoms with E-state index in [0.717, 1.165) is 12.0 Å². The molecule has 0 radical (unpaired) electrons. The van der Waals surface area contributed by atoms with Gasteiger partial charge in [0.25, 0.3) is 0 Å².